The van der Waals surface area contributed by atoms with E-state index in [2.05, 4.69) is 6.92 Å². The van der Waals surface area contributed by atoms with Crippen molar-refractivity contribution in [2.24, 2.45) is 5.92 Å². The van der Waals surface area contributed by atoms with Crippen LogP contribution < -0.4 is 0 Å². The number of hydrogen-bond donors (Lipinski definition) is 0. The molecule has 0 aliphatic heterocycles. The molecule has 0 bridgehead atoms. The lowest BCUT2D eigenvalue weighted by atomic mass is 10.2. The summed E-state index contributed by atoms with van der Waals surface area (Å²) in [5.74, 6) is 2.48. The number of hydrogen-bond acceptors (Lipinski definition) is 5. The maximum atomic E-state index is 12.8. The Morgan fingerprint density at radius 1 is 1.32 bits per heavy atom. The zero-order chi connectivity index (χ0) is 18.4. The summed E-state index contributed by atoms with van der Waals surface area (Å²) in [6.45, 7) is 3.67. The second kappa shape index (κ2) is 6.27. The summed E-state index contributed by atoms with van der Waals surface area (Å²) in [4.78, 5) is 10.4. The van der Waals surface area contributed by atoms with Crippen LogP contribution in [0.5, 0.6) is 0 Å². The SMILES string of the molecule is Cc1c([N+](=O)[O-])cccc1S(=O)(=O)N(C)Cc1ccc([C@@H]2C[C@H]2C)o1. The largest absolute Gasteiger partial charge is 0.464 e. The quantitative estimate of drug-likeness (QED) is 0.578. The van der Waals surface area contributed by atoms with Crippen LogP contribution in [-0.2, 0) is 16.6 Å². The Balaban J connectivity index is 1.83. The lowest BCUT2D eigenvalue weighted by Gasteiger charge is -2.17. The number of nitrogens with zero attached hydrogens (tertiary/aromatic N) is 2. The van der Waals surface area contributed by atoms with Gasteiger partial charge in [0.2, 0.25) is 10.0 Å². The molecular formula is C17H20N2O5S. The summed E-state index contributed by atoms with van der Waals surface area (Å²) in [7, 11) is -2.42. The number of sulfonamides is 1. The van der Waals surface area contributed by atoms with Gasteiger partial charge in [0, 0.05) is 24.6 Å². The molecule has 1 aliphatic carbocycles. The van der Waals surface area contributed by atoms with Crippen LogP contribution in [0.1, 0.15) is 36.3 Å². The van der Waals surface area contributed by atoms with Crippen molar-refractivity contribution >= 4 is 15.7 Å². The van der Waals surface area contributed by atoms with Crippen molar-refractivity contribution in [3.05, 3.63) is 57.5 Å². The van der Waals surface area contributed by atoms with Gasteiger partial charge < -0.3 is 4.42 Å². The fourth-order valence-corrected chi connectivity index (χ4v) is 4.32. The van der Waals surface area contributed by atoms with Crippen molar-refractivity contribution in [2.75, 3.05) is 7.05 Å². The molecule has 0 amide bonds. The topological polar surface area (TPSA) is 93.7 Å². The molecule has 25 heavy (non-hydrogen) atoms. The first kappa shape index (κ1) is 17.6. The average Bonchev–Trinajstić information content (AvgIpc) is 3.09. The maximum absolute atomic E-state index is 12.8. The molecule has 1 aromatic carbocycles. The minimum atomic E-state index is -3.86. The molecule has 134 valence electrons. The van der Waals surface area contributed by atoms with E-state index in [1.165, 1.54) is 32.2 Å². The van der Waals surface area contributed by atoms with Crippen molar-refractivity contribution in [1.29, 1.82) is 0 Å². The number of rotatable bonds is 6. The van der Waals surface area contributed by atoms with Crippen molar-refractivity contribution in [1.82, 2.24) is 4.31 Å². The number of nitro benzene ring substituents is 1. The van der Waals surface area contributed by atoms with Crippen molar-refractivity contribution in [3.8, 4) is 0 Å². The lowest BCUT2D eigenvalue weighted by molar-refractivity contribution is -0.385. The van der Waals surface area contributed by atoms with Crippen LogP contribution in [0.4, 0.5) is 5.69 Å². The van der Waals surface area contributed by atoms with Gasteiger partial charge in [-0.05, 0) is 37.5 Å². The lowest BCUT2D eigenvalue weighted by Crippen LogP contribution is -2.27. The van der Waals surface area contributed by atoms with Gasteiger partial charge in [-0.15, -0.1) is 0 Å². The molecule has 1 aromatic heterocycles. The highest BCUT2D eigenvalue weighted by molar-refractivity contribution is 7.89. The van der Waals surface area contributed by atoms with Gasteiger partial charge in [-0.3, -0.25) is 10.1 Å². The molecule has 2 atom stereocenters. The first-order valence-corrected chi connectivity index (χ1v) is 9.44. The van der Waals surface area contributed by atoms with Gasteiger partial charge in [-0.1, -0.05) is 13.0 Å². The zero-order valence-electron chi connectivity index (χ0n) is 14.3. The minimum absolute atomic E-state index is 0.0632. The molecule has 3 rings (SSSR count). The van der Waals surface area contributed by atoms with Gasteiger partial charge in [0.25, 0.3) is 5.69 Å². The Labute approximate surface area is 146 Å². The first-order chi connectivity index (χ1) is 11.7. The number of nitro groups is 1. The van der Waals surface area contributed by atoms with Crippen LogP contribution in [0, 0.1) is 23.0 Å². The van der Waals surface area contributed by atoms with Gasteiger partial charge in [-0.2, -0.15) is 4.31 Å². The number of furan rings is 1. The molecule has 1 heterocycles. The normalized spacial score (nSPS) is 20.0. The molecule has 0 saturated heterocycles. The summed E-state index contributed by atoms with van der Waals surface area (Å²) >= 11 is 0. The molecule has 1 aliphatic rings. The fourth-order valence-electron chi connectivity index (χ4n) is 2.95. The van der Waals surface area contributed by atoms with Gasteiger partial charge in [0.05, 0.1) is 16.4 Å². The highest BCUT2D eigenvalue weighted by Crippen LogP contribution is 2.47. The average molecular weight is 364 g/mol. The highest BCUT2D eigenvalue weighted by atomic mass is 32.2. The molecule has 1 saturated carbocycles. The predicted molar refractivity (Wildman–Crippen MR) is 91.7 cm³/mol. The fraction of sp³-hybridized carbons (Fsp3) is 0.412. The van der Waals surface area contributed by atoms with Crippen LogP contribution in [-0.4, -0.2) is 24.7 Å². The molecule has 8 heteroatoms. The molecule has 0 radical (unpaired) electrons. The van der Waals surface area contributed by atoms with E-state index in [4.69, 9.17) is 4.42 Å². The van der Waals surface area contributed by atoms with Gasteiger partial charge in [0.15, 0.2) is 0 Å². The molecule has 2 aromatic rings. The van der Waals surface area contributed by atoms with Crippen LogP contribution in [0.25, 0.3) is 0 Å². The third kappa shape index (κ3) is 3.32. The Hall–Kier alpha value is -2.19. The summed E-state index contributed by atoms with van der Waals surface area (Å²) in [5.41, 5.74) is -0.0798. The Bertz CT molecular complexity index is 919. The third-order valence-corrected chi connectivity index (χ3v) is 6.62. The van der Waals surface area contributed by atoms with E-state index in [9.17, 15) is 18.5 Å². The molecular weight excluding hydrogens is 344 g/mol. The molecule has 0 N–H and O–H groups in total. The smallest absolute Gasteiger partial charge is 0.273 e. The standard InChI is InChI=1S/C17H20N2O5S/c1-11-9-14(11)16-8-7-13(24-16)10-18(3)25(22,23)17-6-4-5-15(12(17)2)19(20)21/h4-8,11,14H,9-10H2,1-3H3/t11-,14-/m1/s1. The Kier molecular flexibility index (Phi) is 4.42. The predicted octanol–water partition coefficient (Wildman–Crippen LogP) is 3.44. The molecule has 7 nitrogen and oxygen atoms in total. The van der Waals surface area contributed by atoms with E-state index in [0.717, 1.165) is 16.5 Å². The van der Waals surface area contributed by atoms with Crippen molar-refractivity contribution in [3.63, 3.8) is 0 Å². The van der Waals surface area contributed by atoms with Crippen LogP contribution >= 0.6 is 0 Å². The zero-order valence-corrected chi connectivity index (χ0v) is 15.1. The van der Waals surface area contributed by atoms with E-state index < -0.39 is 14.9 Å². The molecule has 1 fully saturated rings. The summed E-state index contributed by atoms with van der Waals surface area (Å²) in [6, 6.07) is 7.73. The van der Waals surface area contributed by atoms with Crippen LogP contribution in [0.2, 0.25) is 0 Å². The van der Waals surface area contributed by atoms with Gasteiger partial charge in [-0.25, -0.2) is 8.42 Å². The molecule has 0 spiro atoms. The summed E-state index contributed by atoms with van der Waals surface area (Å²) < 4.78 is 32.5. The van der Waals surface area contributed by atoms with E-state index in [-0.39, 0.29) is 22.7 Å². The number of benzene rings is 1. The van der Waals surface area contributed by atoms with Crippen molar-refractivity contribution in [2.45, 2.75) is 37.6 Å². The Morgan fingerprint density at radius 2 is 2.00 bits per heavy atom. The van der Waals surface area contributed by atoms with Gasteiger partial charge >= 0.3 is 0 Å². The van der Waals surface area contributed by atoms with Crippen LogP contribution in [0.3, 0.4) is 0 Å². The second-order valence-electron chi connectivity index (χ2n) is 6.54. The second-order valence-corrected chi connectivity index (χ2v) is 8.56. The first-order valence-electron chi connectivity index (χ1n) is 8.00. The van der Waals surface area contributed by atoms with E-state index in [1.54, 1.807) is 6.07 Å². The van der Waals surface area contributed by atoms with E-state index in [0.29, 0.717) is 17.6 Å². The van der Waals surface area contributed by atoms with E-state index >= 15 is 0 Å². The summed E-state index contributed by atoms with van der Waals surface area (Å²) in [6.07, 6.45) is 1.09. The Morgan fingerprint density at radius 3 is 2.60 bits per heavy atom. The van der Waals surface area contributed by atoms with Gasteiger partial charge in [0.1, 0.15) is 11.5 Å². The third-order valence-electron chi connectivity index (χ3n) is 4.68. The highest BCUT2D eigenvalue weighted by Gasteiger charge is 2.37. The van der Waals surface area contributed by atoms with Crippen LogP contribution in [0.15, 0.2) is 39.6 Å². The molecule has 0 unspecified atom stereocenters. The summed E-state index contributed by atoms with van der Waals surface area (Å²) in [5, 5.41) is 11.0. The van der Waals surface area contributed by atoms with E-state index in [1.807, 2.05) is 6.07 Å². The maximum Gasteiger partial charge on any atom is 0.273 e. The monoisotopic (exact) mass is 364 g/mol. The van der Waals surface area contributed by atoms with Crippen molar-refractivity contribution < 1.29 is 17.8 Å². The minimum Gasteiger partial charge on any atom is -0.464 e.